The Bertz CT molecular complexity index is 1060. The summed E-state index contributed by atoms with van der Waals surface area (Å²) in [6.07, 6.45) is 5.44. The maximum absolute atomic E-state index is 14.6. The van der Waals surface area contributed by atoms with Crippen molar-refractivity contribution in [1.29, 1.82) is 0 Å². The first-order valence-electron chi connectivity index (χ1n) is 10.3. The Labute approximate surface area is 180 Å². The van der Waals surface area contributed by atoms with E-state index in [0.29, 0.717) is 5.69 Å². The first kappa shape index (κ1) is 20.7. The molecular weight excluding hydrogens is 395 g/mol. The van der Waals surface area contributed by atoms with Gasteiger partial charge in [-0.15, -0.1) is 0 Å². The van der Waals surface area contributed by atoms with Crippen molar-refractivity contribution in [3.05, 3.63) is 66.1 Å². The first-order chi connectivity index (χ1) is 15.0. The van der Waals surface area contributed by atoms with Gasteiger partial charge in [-0.05, 0) is 31.0 Å². The zero-order chi connectivity index (χ0) is 21.8. The smallest absolute Gasteiger partial charge is 0.252 e. The monoisotopic (exact) mass is 420 g/mol. The number of nitrogens with two attached hydrogens (primary N) is 2. The summed E-state index contributed by atoms with van der Waals surface area (Å²) in [6.45, 7) is 0. The average molecular weight is 420 g/mol. The molecular formula is C23H25FN6O. The fourth-order valence-corrected chi connectivity index (χ4v) is 3.77. The molecule has 2 atom stereocenters. The second-order valence-corrected chi connectivity index (χ2v) is 7.70. The van der Waals surface area contributed by atoms with Crippen molar-refractivity contribution in [1.82, 2.24) is 9.97 Å². The van der Waals surface area contributed by atoms with Crippen LogP contribution in [0.2, 0.25) is 0 Å². The summed E-state index contributed by atoms with van der Waals surface area (Å²) in [6, 6.07) is 14.4. The molecule has 7 nitrogen and oxygen atoms in total. The van der Waals surface area contributed by atoms with E-state index in [0.717, 1.165) is 43.0 Å². The van der Waals surface area contributed by atoms with Gasteiger partial charge in [0.1, 0.15) is 5.82 Å². The third kappa shape index (κ3) is 4.80. The standard InChI is InChI=1S/C23H25FN6O/c24-17-12-16(21(26)31)22(30-23(17)29-20-9-5-4-8-18(20)25)28-15-10-11-19(27-13-15)14-6-2-1-3-7-14/h1-3,6-7,10-13,18,20H,4-5,8-9,25H2,(H2,26,31)(H2,28,29,30). The highest BCUT2D eigenvalue weighted by molar-refractivity contribution is 5.98. The van der Waals surface area contributed by atoms with Gasteiger partial charge in [-0.1, -0.05) is 43.2 Å². The number of carbonyl (C=O) groups is 1. The van der Waals surface area contributed by atoms with Crippen LogP contribution in [0, 0.1) is 5.82 Å². The number of carbonyl (C=O) groups excluding carboxylic acids is 1. The molecule has 2 heterocycles. The van der Waals surface area contributed by atoms with E-state index in [-0.39, 0.29) is 29.3 Å². The molecule has 1 aliphatic carbocycles. The highest BCUT2D eigenvalue weighted by Crippen LogP contribution is 2.27. The van der Waals surface area contributed by atoms with Gasteiger partial charge in [-0.25, -0.2) is 9.37 Å². The Morgan fingerprint density at radius 1 is 1.06 bits per heavy atom. The van der Waals surface area contributed by atoms with Crippen LogP contribution >= 0.6 is 0 Å². The Morgan fingerprint density at radius 2 is 1.84 bits per heavy atom. The molecule has 3 aromatic rings. The molecule has 1 aromatic carbocycles. The van der Waals surface area contributed by atoms with Crippen LogP contribution in [0.15, 0.2) is 54.7 Å². The summed E-state index contributed by atoms with van der Waals surface area (Å²) in [7, 11) is 0. The highest BCUT2D eigenvalue weighted by Gasteiger charge is 2.24. The molecule has 0 aliphatic heterocycles. The van der Waals surface area contributed by atoms with E-state index < -0.39 is 11.7 Å². The normalized spacial score (nSPS) is 18.4. The molecule has 31 heavy (non-hydrogen) atoms. The number of nitrogens with one attached hydrogen (secondary N) is 2. The van der Waals surface area contributed by atoms with Crippen LogP contribution in [0.5, 0.6) is 0 Å². The van der Waals surface area contributed by atoms with Crippen LogP contribution in [0.25, 0.3) is 11.3 Å². The molecule has 0 radical (unpaired) electrons. The minimum atomic E-state index is -0.774. The van der Waals surface area contributed by atoms with Crippen LogP contribution < -0.4 is 22.1 Å². The molecule has 0 bridgehead atoms. The number of aromatic nitrogens is 2. The fraction of sp³-hybridized carbons (Fsp3) is 0.261. The zero-order valence-electron chi connectivity index (χ0n) is 17.0. The predicted molar refractivity (Wildman–Crippen MR) is 120 cm³/mol. The quantitative estimate of drug-likeness (QED) is 0.482. The van der Waals surface area contributed by atoms with E-state index in [1.165, 1.54) is 0 Å². The Morgan fingerprint density at radius 3 is 2.52 bits per heavy atom. The molecule has 4 rings (SSSR count). The van der Waals surface area contributed by atoms with E-state index in [1.807, 2.05) is 42.5 Å². The van der Waals surface area contributed by atoms with Gasteiger partial charge >= 0.3 is 0 Å². The first-order valence-corrected chi connectivity index (χ1v) is 10.3. The zero-order valence-corrected chi connectivity index (χ0v) is 17.0. The van der Waals surface area contributed by atoms with Crippen molar-refractivity contribution in [2.45, 2.75) is 37.8 Å². The molecule has 1 fully saturated rings. The lowest BCUT2D eigenvalue weighted by molar-refractivity contribution is 0.100. The maximum atomic E-state index is 14.6. The van der Waals surface area contributed by atoms with Crippen LogP contribution in [0.3, 0.4) is 0 Å². The topological polar surface area (TPSA) is 119 Å². The van der Waals surface area contributed by atoms with E-state index in [4.69, 9.17) is 11.5 Å². The highest BCUT2D eigenvalue weighted by atomic mass is 19.1. The molecule has 8 heteroatoms. The maximum Gasteiger partial charge on any atom is 0.252 e. The second-order valence-electron chi connectivity index (χ2n) is 7.70. The minimum absolute atomic E-state index is 0.0388. The van der Waals surface area contributed by atoms with Crippen LogP contribution in [-0.4, -0.2) is 28.0 Å². The fourth-order valence-electron chi connectivity index (χ4n) is 3.77. The molecule has 6 N–H and O–H groups in total. The van der Waals surface area contributed by atoms with E-state index in [2.05, 4.69) is 20.6 Å². The molecule has 0 saturated heterocycles. The summed E-state index contributed by atoms with van der Waals surface area (Å²) in [5.41, 5.74) is 14.0. The molecule has 0 spiro atoms. The minimum Gasteiger partial charge on any atom is -0.365 e. The molecule has 2 unspecified atom stereocenters. The number of halogens is 1. The van der Waals surface area contributed by atoms with Crippen LogP contribution in [-0.2, 0) is 0 Å². The number of benzene rings is 1. The van der Waals surface area contributed by atoms with Crippen molar-refractivity contribution in [2.75, 3.05) is 10.6 Å². The summed E-state index contributed by atoms with van der Waals surface area (Å²) < 4.78 is 14.6. The number of anilines is 3. The summed E-state index contributed by atoms with van der Waals surface area (Å²) in [5, 5.41) is 6.14. The number of primary amides is 1. The Balaban J connectivity index is 1.59. The second kappa shape index (κ2) is 9.09. The lowest BCUT2D eigenvalue weighted by atomic mass is 9.91. The number of amides is 1. The molecule has 1 amide bonds. The Hall–Kier alpha value is -3.52. The SMILES string of the molecule is NC(=O)c1cc(F)c(NC2CCCCC2N)nc1Nc1ccc(-c2ccccc2)nc1. The van der Waals surface area contributed by atoms with Gasteiger partial charge in [0, 0.05) is 17.6 Å². The van der Waals surface area contributed by atoms with Crippen molar-refractivity contribution < 1.29 is 9.18 Å². The van der Waals surface area contributed by atoms with E-state index in [1.54, 1.807) is 6.20 Å². The van der Waals surface area contributed by atoms with E-state index in [9.17, 15) is 9.18 Å². The largest absolute Gasteiger partial charge is 0.365 e. The number of nitrogens with zero attached hydrogens (tertiary/aromatic N) is 2. The van der Waals surface area contributed by atoms with Gasteiger partial charge in [0.25, 0.3) is 5.91 Å². The number of pyridine rings is 2. The predicted octanol–water partition coefficient (Wildman–Crippen LogP) is 3.81. The molecule has 2 aromatic heterocycles. The third-order valence-corrected chi connectivity index (χ3v) is 5.48. The van der Waals surface area contributed by atoms with Crippen molar-refractivity contribution in [3.63, 3.8) is 0 Å². The molecule has 1 aliphatic rings. The van der Waals surface area contributed by atoms with Gasteiger partial charge in [0.2, 0.25) is 0 Å². The number of hydrogen-bond donors (Lipinski definition) is 4. The van der Waals surface area contributed by atoms with Gasteiger partial charge in [0.05, 0.1) is 23.1 Å². The van der Waals surface area contributed by atoms with E-state index >= 15 is 0 Å². The van der Waals surface area contributed by atoms with Crippen LogP contribution in [0.1, 0.15) is 36.0 Å². The lowest BCUT2D eigenvalue weighted by Gasteiger charge is -2.30. The number of hydrogen-bond acceptors (Lipinski definition) is 6. The van der Waals surface area contributed by atoms with Gasteiger partial charge in [-0.2, -0.15) is 0 Å². The third-order valence-electron chi connectivity index (χ3n) is 5.48. The van der Waals surface area contributed by atoms with Gasteiger partial charge in [-0.3, -0.25) is 9.78 Å². The van der Waals surface area contributed by atoms with Gasteiger partial charge in [0.15, 0.2) is 11.6 Å². The van der Waals surface area contributed by atoms with Crippen molar-refractivity contribution in [3.8, 4) is 11.3 Å². The summed E-state index contributed by atoms with van der Waals surface area (Å²) >= 11 is 0. The van der Waals surface area contributed by atoms with Crippen molar-refractivity contribution >= 4 is 23.2 Å². The lowest BCUT2D eigenvalue weighted by Crippen LogP contribution is -2.43. The van der Waals surface area contributed by atoms with Crippen LogP contribution in [0.4, 0.5) is 21.7 Å². The summed E-state index contributed by atoms with van der Waals surface area (Å²) in [5.74, 6) is -1.21. The number of rotatable bonds is 6. The average Bonchev–Trinajstić information content (AvgIpc) is 2.78. The van der Waals surface area contributed by atoms with Gasteiger partial charge < -0.3 is 22.1 Å². The molecule has 1 saturated carbocycles. The molecule has 160 valence electrons. The Kier molecular flexibility index (Phi) is 6.08. The van der Waals surface area contributed by atoms with Crippen molar-refractivity contribution in [2.24, 2.45) is 11.5 Å². The summed E-state index contributed by atoms with van der Waals surface area (Å²) in [4.78, 5) is 20.6.